The Morgan fingerprint density at radius 2 is 1.42 bits per heavy atom. The van der Waals surface area contributed by atoms with Gasteiger partial charge in [0.25, 0.3) is 5.95 Å². The third-order valence-corrected chi connectivity index (χ3v) is 5.37. The number of carbonyl (C=O) groups excluding carboxylic acids is 1. The maximum Gasteiger partial charge on any atom is 0.416 e. The van der Waals surface area contributed by atoms with Crippen molar-refractivity contribution in [3.05, 3.63) is 69.8 Å². The molecule has 6 nitrogen and oxygen atoms in total. The highest BCUT2D eigenvalue weighted by Crippen LogP contribution is 2.37. The summed E-state index contributed by atoms with van der Waals surface area (Å²) in [6.45, 7) is 0.470. The average Bonchev–Trinajstić information content (AvgIpc) is 3.23. The molecule has 0 saturated carbocycles. The van der Waals surface area contributed by atoms with Crippen LogP contribution in [0.5, 0.6) is 0 Å². The summed E-state index contributed by atoms with van der Waals surface area (Å²) in [6, 6.07) is 3.37. The van der Waals surface area contributed by atoms with E-state index in [0.29, 0.717) is 24.6 Å². The van der Waals surface area contributed by atoms with Crippen molar-refractivity contribution in [2.24, 2.45) is 7.05 Å². The topological polar surface area (TPSA) is 63.9 Å². The third-order valence-electron chi connectivity index (χ3n) is 5.37. The summed E-state index contributed by atoms with van der Waals surface area (Å²) in [6.07, 6.45) is -14.6. The van der Waals surface area contributed by atoms with Crippen molar-refractivity contribution in [1.29, 1.82) is 0 Å². The maximum absolute atomic E-state index is 13.4. The second-order valence-corrected chi connectivity index (χ2v) is 8.39. The van der Waals surface area contributed by atoms with E-state index in [-0.39, 0.29) is 29.6 Å². The van der Waals surface area contributed by atoms with Crippen LogP contribution in [-0.2, 0) is 38.7 Å². The normalized spacial score (nSPS) is 12.6. The second kappa shape index (κ2) is 10.6. The van der Waals surface area contributed by atoms with Crippen LogP contribution in [0.3, 0.4) is 0 Å². The number of carbonyl (C=O) groups is 1. The summed E-state index contributed by atoms with van der Waals surface area (Å²) in [7, 11) is 1.33. The number of hydrogen-bond acceptors (Lipinski definition) is 5. The molecule has 1 heterocycles. The molecular weight excluding hydrogens is 533 g/mol. The first kappa shape index (κ1) is 28.9. The first-order valence-electron chi connectivity index (χ1n) is 11.0. The number of aromatic nitrogens is 4. The number of nitrogens with zero attached hydrogens (tertiary/aromatic N) is 5. The molecule has 0 unspecified atom stereocenters. The van der Waals surface area contributed by atoms with Gasteiger partial charge >= 0.3 is 18.5 Å². The molecule has 3 aromatic rings. The van der Waals surface area contributed by atoms with Gasteiger partial charge in [-0.05, 0) is 53.1 Å². The van der Waals surface area contributed by atoms with E-state index in [1.807, 2.05) is 0 Å². The van der Waals surface area contributed by atoms with Crippen molar-refractivity contribution in [3.63, 3.8) is 0 Å². The minimum Gasteiger partial charge on any atom is -0.330 e. The number of tetrazole rings is 1. The molecule has 0 bridgehead atoms. The highest BCUT2D eigenvalue weighted by Gasteiger charge is 2.37. The number of rotatable bonds is 8. The molecule has 0 atom stereocenters. The van der Waals surface area contributed by atoms with Crippen LogP contribution in [0.4, 0.5) is 45.5 Å². The molecule has 0 radical (unpaired) electrons. The van der Waals surface area contributed by atoms with Gasteiger partial charge in [-0.25, -0.2) is 0 Å². The number of alkyl halides is 9. The molecule has 206 valence electrons. The predicted octanol–water partition coefficient (Wildman–Crippen LogP) is 6.46. The lowest BCUT2D eigenvalue weighted by atomic mass is 9.97. The van der Waals surface area contributed by atoms with Crippen LogP contribution in [0.15, 0.2) is 36.4 Å². The van der Waals surface area contributed by atoms with Gasteiger partial charge in [-0.1, -0.05) is 18.1 Å². The monoisotopic (exact) mass is 553 g/mol. The fourth-order valence-electron chi connectivity index (χ4n) is 3.67. The second-order valence-electron chi connectivity index (χ2n) is 8.39. The number of benzene rings is 2. The van der Waals surface area contributed by atoms with Gasteiger partial charge in [0.2, 0.25) is 0 Å². The molecule has 0 aliphatic carbocycles. The fraction of sp³-hybridized carbons (Fsp3) is 0.391. The number of halogens is 9. The van der Waals surface area contributed by atoms with Crippen LogP contribution < -0.4 is 4.90 Å². The Morgan fingerprint density at radius 1 is 0.842 bits per heavy atom. The molecule has 2 aromatic carbocycles. The zero-order valence-electron chi connectivity index (χ0n) is 19.8. The van der Waals surface area contributed by atoms with Crippen molar-refractivity contribution in [2.75, 3.05) is 4.90 Å². The number of anilines is 1. The van der Waals surface area contributed by atoms with E-state index in [9.17, 15) is 44.3 Å². The lowest BCUT2D eigenvalue weighted by Crippen LogP contribution is -2.26. The SMILES string of the molecule is CCCC(=O)c1ccc(C(F)(F)F)cc1CN(Cc1cc(C(F)(F)F)cc(C(F)(F)F)c1)c1nnn(C)n1. The number of ketones is 1. The lowest BCUT2D eigenvalue weighted by Gasteiger charge is -2.24. The van der Waals surface area contributed by atoms with Gasteiger partial charge in [-0.3, -0.25) is 4.79 Å². The Kier molecular flexibility index (Phi) is 8.07. The first-order valence-corrected chi connectivity index (χ1v) is 11.0. The Labute approximate surface area is 210 Å². The molecule has 38 heavy (non-hydrogen) atoms. The van der Waals surface area contributed by atoms with Crippen LogP contribution in [0.1, 0.15) is 57.9 Å². The van der Waals surface area contributed by atoms with Crippen molar-refractivity contribution < 1.29 is 44.3 Å². The molecule has 0 spiro atoms. The standard InChI is InChI=1S/C23H20F9N5O/c1-3-4-19(38)18-6-5-15(21(24,25)26)9-14(18)12-37(20-33-35-36(2)34-20)11-13-7-16(22(27,28)29)10-17(8-13)23(30,31)32/h5-10H,3-4,11-12H2,1-2H3. The van der Waals surface area contributed by atoms with E-state index in [2.05, 4.69) is 15.4 Å². The Morgan fingerprint density at radius 3 is 1.89 bits per heavy atom. The minimum absolute atomic E-state index is 0.00429. The van der Waals surface area contributed by atoms with Gasteiger partial charge in [0.05, 0.1) is 23.7 Å². The van der Waals surface area contributed by atoms with Crippen molar-refractivity contribution >= 4 is 11.7 Å². The molecule has 15 heteroatoms. The molecule has 0 N–H and O–H groups in total. The van der Waals surface area contributed by atoms with Gasteiger partial charge in [0.15, 0.2) is 5.78 Å². The van der Waals surface area contributed by atoms with Crippen molar-refractivity contribution in [1.82, 2.24) is 20.2 Å². The fourth-order valence-corrected chi connectivity index (χ4v) is 3.67. The predicted molar refractivity (Wildman–Crippen MR) is 116 cm³/mol. The van der Waals surface area contributed by atoms with Crippen LogP contribution in [0, 0.1) is 0 Å². The summed E-state index contributed by atoms with van der Waals surface area (Å²) < 4.78 is 120. The molecule has 0 amide bonds. The molecule has 0 aliphatic rings. The molecule has 0 saturated heterocycles. The smallest absolute Gasteiger partial charge is 0.330 e. The van der Waals surface area contributed by atoms with Gasteiger partial charge in [-0.15, -0.1) is 5.10 Å². The number of aryl methyl sites for hydroxylation is 1. The Balaban J connectivity index is 2.13. The zero-order chi connectivity index (χ0) is 28.5. The van der Waals surface area contributed by atoms with Gasteiger partial charge in [0, 0.05) is 25.1 Å². The first-order chi connectivity index (χ1) is 17.5. The summed E-state index contributed by atoms with van der Waals surface area (Å²) in [5.41, 5.74) is -4.92. The highest BCUT2D eigenvalue weighted by atomic mass is 19.4. The van der Waals surface area contributed by atoms with Crippen molar-refractivity contribution in [3.8, 4) is 0 Å². The Hall–Kier alpha value is -3.65. The highest BCUT2D eigenvalue weighted by molar-refractivity contribution is 5.97. The number of Topliss-reactive ketones (excluding diaryl/α,β-unsaturated/α-hetero) is 1. The van der Waals surface area contributed by atoms with E-state index in [1.165, 1.54) is 7.05 Å². The lowest BCUT2D eigenvalue weighted by molar-refractivity contribution is -0.143. The summed E-state index contributed by atoms with van der Waals surface area (Å²) in [5.74, 6) is -0.772. The molecular formula is C23H20F9N5O. The molecule has 0 fully saturated rings. The van der Waals surface area contributed by atoms with E-state index in [0.717, 1.165) is 21.8 Å². The van der Waals surface area contributed by atoms with Gasteiger partial charge in [0.1, 0.15) is 0 Å². The Bertz CT molecular complexity index is 1260. The molecule has 3 rings (SSSR count). The van der Waals surface area contributed by atoms with Crippen molar-refractivity contribution in [2.45, 2.75) is 51.4 Å². The average molecular weight is 553 g/mol. The van der Waals surface area contributed by atoms with E-state index in [4.69, 9.17) is 0 Å². The largest absolute Gasteiger partial charge is 0.416 e. The van der Waals surface area contributed by atoms with Crippen LogP contribution in [0.25, 0.3) is 0 Å². The quantitative estimate of drug-likeness (QED) is 0.237. The summed E-state index contributed by atoms with van der Waals surface area (Å²) in [4.78, 5) is 14.6. The van der Waals surface area contributed by atoms with Gasteiger partial charge < -0.3 is 4.90 Å². The summed E-state index contributed by atoms with van der Waals surface area (Å²) >= 11 is 0. The summed E-state index contributed by atoms with van der Waals surface area (Å²) in [5, 5.41) is 11.2. The number of hydrogen-bond donors (Lipinski definition) is 0. The van der Waals surface area contributed by atoms with Gasteiger partial charge in [-0.2, -0.15) is 44.3 Å². The van der Waals surface area contributed by atoms with E-state index in [1.54, 1.807) is 6.92 Å². The third kappa shape index (κ3) is 7.01. The van der Waals surface area contributed by atoms with E-state index >= 15 is 0 Å². The van der Waals surface area contributed by atoms with Crippen LogP contribution in [-0.4, -0.2) is 26.0 Å². The molecule has 0 aliphatic heterocycles. The minimum atomic E-state index is -5.10. The van der Waals surface area contributed by atoms with Crippen LogP contribution in [0.2, 0.25) is 0 Å². The maximum atomic E-state index is 13.4. The van der Waals surface area contributed by atoms with E-state index < -0.39 is 59.7 Å². The zero-order valence-corrected chi connectivity index (χ0v) is 19.8. The molecule has 1 aromatic heterocycles. The van der Waals surface area contributed by atoms with Crippen LogP contribution >= 0.6 is 0 Å².